The molecule has 2 aromatic rings. The Balaban J connectivity index is 1.85. The topological polar surface area (TPSA) is 30.5 Å². The molecule has 0 aliphatic carbocycles. The first-order valence-electron chi connectivity index (χ1n) is 7.48. The van der Waals surface area contributed by atoms with E-state index in [2.05, 4.69) is 25.2 Å². The molecule has 1 unspecified atom stereocenters. The second kappa shape index (κ2) is 6.19. The maximum absolute atomic E-state index is 5.91. The number of para-hydroxylation sites is 1. The maximum Gasteiger partial charge on any atom is 0.128 e. The molecule has 1 heterocycles. The van der Waals surface area contributed by atoms with E-state index in [9.17, 15) is 0 Å². The van der Waals surface area contributed by atoms with Crippen LogP contribution < -0.4 is 14.8 Å². The SMILES string of the molecule is CC(C)NC1CCOc2ccc(Oc3ccccc3)cc21. The van der Waals surface area contributed by atoms with E-state index in [1.807, 2.05) is 42.5 Å². The van der Waals surface area contributed by atoms with E-state index in [-0.39, 0.29) is 0 Å². The van der Waals surface area contributed by atoms with Crippen molar-refractivity contribution in [3.8, 4) is 17.2 Å². The number of rotatable bonds is 4. The predicted molar refractivity (Wildman–Crippen MR) is 84.1 cm³/mol. The second-order valence-electron chi connectivity index (χ2n) is 5.63. The molecule has 0 spiro atoms. The number of hydrogen-bond donors (Lipinski definition) is 1. The van der Waals surface area contributed by atoms with E-state index in [1.54, 1.807) is 0 Å². The molecule has 3 heteroatoms. The lowest BCUT2D eigenvalue weighted by Crippen LogP contribution is -2.31. The van der Waals surface area contributed by atoms with Gasteiger partial charge in [-0.2, -0.15) is 0 Å². The van der Waals surface area contributed by atoms with E-state index < -0.39 is 0 Å². The maximum atomic E-state index is 5.91. The summed E-state index contributed by atoms with van der Waals surface area (Å²) in [5, 5.41) is 3.59. The summed E-state index contributed by atoms with van der Waals surface area (Å²) in [5.74, 6) is 2.66. The van der Waals surface area contributed by atoms with Crippen molar-refractivity contribution in [2.45, 2.75) is 32.4 Å². The molecule has 0 aromatic heterocycles. The summed E-state index contributed by atoms with van der Waals surface area (Å²) in [4.78, 5) is 0. The lowest BCUT2D eigenvalue weighted by molar-refractivity contribution is 0.247. The molecule has 1 aliphatic heterocycles. The number of hydrogen-bond acceptors (Lipinski definition) is 3. The number of nitrogens with one attached hydrogen (secondary N) is 1. The number of fused-ring (bicyclic) bond motifs is 1. The fraction of sp³-hybridized carbons (Fsp3) is 0.333. The van der Waals surface area contributed by atoms with Gasteiger partial charge < -0.3 is 14.8 Å². The molecule has 0 bridgehead atoms. The average molecular weight is 283 g/mol. The van der Waals surface area contributed by atoms with Crippen LogP contribution in [0.2, 0.25) is 0 Å². The minimum Gasteiger partial charge on any atom is -0.493 e. The van der Waals surface area contributed by atoms with Crippen molar-refractivity contribution in [2.24, 2.45) is 0 Å². The van der Waals surface area contributed by atoms with Gasteiger partial charge in [0.2, 0.25) is 0 Å². The molecule has 110 valence electrons. The first-order chi connectivity index (χ1) is 10.2. The van der Waals surface area contributed by atoms with Gasteiger partial charge >= 0.3 is 0 Å². The third-order valence-corrected chi connectivity index (χ3v) is 3.53. The van der Waals surface area contributed by atoms with Crippen molar-refractivity contribution in [3.05, 3.63) is 54.1 Å². The molecule has 0 fully saturated rings. The normalized spacial score (nSPS) is 17.2. The summed E-state index contributed by atoms with van der Waals surface area (Å²) in [7, 11) is 0. The molecule has 3 rings (SSSR count). The Morgan fingerprint density at radius 1 is 1.10 bits per heavy atom. The van der Waals surface area contributed by atoms with Crippen LogP contribution in [-0.2, 0) is 0 Å². The Labute approximate surface area is 125 Å². The molecule has 0 saturated carbocycles. The highest BCUT2D eigenvalue weighted by Crippen LogP contribution is 2.36. The fourth-order valence-electron chi connectivity index (χ4n) is 2.64. The molecule has 3 nitrogen and oxygen atoms in total. The molecule has 1 N–H and O–H groups in total. The minimum absolute atomic E-state index is 0.327. The van der Waals surface area contributed by atoms with Crippen molar-refractivity contribution in [2.75, 3.05) is 6.61 Å². The molecule has 0 amide bonds. The fourth-order valence-corrected chi connectivity index (χ4v) is 2.64. The minimum atomic E-state index is 0.327. The molecule has 0 saturated heterocycles. The van der Waals surface area contributed by atoms with Gasteiger partial charge in [0.1, 0.15) is 17.2 Å². The Hall–Kier alpha value is -2.00. The van der Waals surface area contributed by atoms with Crippen LogP contribution in [0.25, 0.3) is 0 Å². The highest BCUT2D eigenvalue weighted by atomic mass is 16.5. The lowest BCUT2D eigenvalue weighted by Gasteiger charge is -2.28. The summed E-state index contributed by atoms with van der Waals surface area (Å²) in [6.07, 6.45) is 0.986. The Morgan fingerprint density at radius 2 is 1.90 bits per heavy atom. The van der Waals surface area contributed by atoms with Gasteiger partial charge in [-0.15, -0.1) is 0 Å². The third kappa shape index (κ3) is 3.37. The third-order valence-electron chi connectivity index (χ3n) is 3.53. The summed E-state index contributed by atoms with van der Waals surface area (Å²) < 4.78 is 11.7. The standard InChI is InChI=1S/C18H21NO2/c1-13(2)19-17-10-11-20-18-9-8-15(12-16(17)18)21-14-6-4-3-5-7-14/h3-9,12-13,17,19H,10-11H2,1-2H3. The summed E-state index contributed by atoms with van der Waals surface area (Å²) in [6, 6.07) is 16.7. The van der Waals surface area contributed by atoms with Crippen LogP contribution in [0.3, 0.4) is 0 Å². The Kier molecular flexibility index (Phi) is 4.11. The second-order valence-corrected chi connectivity index (χ2v) is 5.63. The monoisotopic (exact) mass is 283 g/mol. The van der Waals surface area contributed by atoms with Crippen LogP contribution in [0.1, 0.15) is 31.9 Å². The van der Waals surface area contributed by atoms with E-state index in [0.717, 1.165) is 30.3 Å². The van der Waals surface area contributed by atoms with Gasteiger partial charge in [-0.05, 0) is 30.3 Å². The molecule has 0 radical (unpaired) electrons. The first kappa shape index (κ1) is 14.0. The molecule has 2 aromatic carbocycles. The molecular formula is C18H21NO2. The van der Waals surface area contributed by atoms with Crippen molar-refractivity contribution in [3.63, 3.8) is 0 Å². The van der Waals surface area contributed by atoms with Crippen LogP contribution in [0.4, 0.5) is 0 Å². The van der Waals surface area contributed by atoms with Gasteiger partial charge in [0, 0.05) is 24.1 Å². The molecule has 1 aliphatic rings. The van der Waals surface area contributed by atoms with E-state index >= 15 is 0 Å². The van der Waals surface area contributed by atoms with Crippen molar-refractivity contribution >= 4 is 0 Å². The quantitative estimate of drug-likeness (QED) is 0.907. The van der Waals surface area contributed by atoms with Crippen LogP contribution in [0.15, 0.2) is 48.5 Å². The molecule has 1 atom stereocenters. The van der Waals surface area contributed by atoms with Crippen LogP contribution in [0, 0.1) is 0 Å². The van der Waals surface area contributed by atoms with Crippen LogP contribution >= 0.6 is 0 Å². The smallest absolute Gasteiger partial charge is 0.128 e. The summed E-state index contributed by atoms with van der Waals surface area (Å²) in [5.41, 5.74) is 1.18. The van der Waals surface area contributed by atoms with E-state index in [0.29, 0.717) is 12.1 Å². The van der Waals surface area contributed by atoms with Crippen LogP contribution in [0.5, 0.6) is 17.2 Å². The van der Waals surface area contributed by atoms with E-state index in [4.69, 9.17) is 9.47 Å². The zero-order valence-electron chi connectivity index (χ0n) is 12.5. The van der Waals surface area contributed by atoms with Gasteiger partial charge in [0.05, 0.1) is 6.61 Å². The van der Waals surface area contributed by atoms with Crippen LogP contribution in [-0.4, -0.2) is 12.6 Å². The Bertz CT molecular complexity index is 595. The van der Waals surface area contributed by atoms with Crippen molar-refractivity contribution in [1.29, 1.82) is 0 Å². The van der Waals surface area contributed by atoms with Gasteiger partial charge in [-0.1, -0.05) is 32.0 Å². The van der Waals surface area contributed by atoms with Gasteiger partial charge in [-0.3, -0.25) is 0 Å². The summed E-state index contributed by atoms with van der Waals surface area (Å²) in [6.45, 7) is 5.09. The largest absolute Gasteiger partial charge is 0.493 e. The zero-order chi connectivity index (χ0) is 14.7. The number of benzene rings is 2. The lowest BCUT2D eigenvalue weighted by atomic mass is 9.99. The van der Waals surface area contributed by atoms with Gasteiger partial charge in [0.25, 0.3) is 0 Å². The van der Waals surface area contributed by atoms with Gasteiger partial charge in [0.15, 0.2) is 0 Å². The van der Waals surface area contributed by atoms with Gasteiger partial charge in [-0.25, -0.2) is 0 Å². The van der Waals surface area contributed by atoms with Crippen molar-refractivity contribution in [1.82, 2.24) is 5.32 Å². The molecule has 21 heavy (non-hydrogen) atoms. The number of ether oxygens (including phenoxy) is 2. The highest BCUT2D eigenvalue weighted by Gasteiger charge is 2.22. The van der Waals surface area contributed by atoms with E-state index in [1.165, 1.54) is 5.56 Å². The summed E-state index contributed by atoms with van der Waals surface area (Å²) >= 11 is 0. The predicted octanol–water partition coefficient (Wildman–Crippen LogP) is 4.30. The molecular weight excluding hydrogens is 262 g/mol. The first-order valence-corrected chi connectivity index (χ1v) is 7.48. The van der Waals surface area contributed by atoms with Crippen molar-refractivity contribution < 1.29 is 9.47 Å². The highest BCUT2D eigenvalue weighted by molar-refractivity contribution is 5.44. The average Bonchev–Trinajstić information content (AvgIpc) is 2.48. The zero-order valence-corrected chi connectivity index (χ0v) is 12.5. The Morgan fingerprint density at radius 3 is 2.67 bits per heavy atom.